The number of hydrogen-bond donors (Lipinski definition) is 0. The Balaban J connectivity index is 1.44. The first-order chi connectivity index (χ1) is 13.4. The van der Waals surface area contributed by atoms with Gasteiger partial charge in [-0.3, -0.25) is 9.80 Å². The summed E-state index contributed by atoms with van der Waals surface area (Å²) in [6.45, 7) is 4.12. The average molecular weight is 395 g/mol. The molecule has 5 aliphatic rings. The van der Waals surface area contributed by atoms with Crippen LogP contribution in [0.5, 0.6) is 0 Å². The second-order valence-corrected chi connectivity index (χ2v) is 10.9. The molecule has 0 aromatic heterocycles. The molecule has 1 aliphatic heterocycles. The summed E-state index contributed by atoms with van der Waals surface area (Å²) in [5.74, 6) is 2.12. The van der Waals surface area contributed by atoms with Crippen LogP contribution in [0.4, 0.5) is 5.69 Å². The van der Waals surface area contributed by atoms with E-state index in [4.69, 9.17) is 11.6 Å². The second kappa shape index (κ2) is 5.44. The molecule has 5 fully saturated rings. The van der Waals surface area contributed by atoms with Crippen LogP contribution in [-0.4, -0.2) is 27.4 Å². The van der Waals surface area contributed by atoms with Crippen LogP contribution in [0.25, 0.3) is 10.8 Å². The van der Waals surface area contributed by atoms with Crippen LogP contribution in [0.2, 0.25) is 0 Å². The molecule has 1 heterocycles. The first-order valence-electron chi connectivity index (χ1n) is 10.7. The average Bonchev–Trinajstić information content (AvgIpc) is 2.65. The lowest BCUT2D eigenvalue weighted by atomic mass is 9.53. The summed E-state index contributed by atoms with van der Waals surface area (Å²) < 4.78 is 0. The molecule has 0 N–H and O–H groups in total. The minimum Gasteiger partial charge on any atom is -0.270 e. The van der Waals surface area contributed by atoms with Crippen molar-refractivity contribution in [1.82, 2.24) is 5.01 Å². The predicted octanol–water partition coefficient (Wildman–Crippen LogP) is 5.37. The fraction of sp³-hybridized carbons (Fsp3) is 0.542. The van der Waals surface area contributed by atoms with E-state index in [2.05, 4.69) is 66.3 Å². The van der Waals surface area contributed by atoms with Crippen LogP contribution in [0.1, 0.15) is 46.0 Å². The molecule has 7 rings (SSSR count). The van der Waals surface area contributed by atoms with Crippen LogP contribution in [-0.2, 0) is 4.79 Å². The Labute approximate surface area is 171 Å². The van der Waals surface area contributed by atoms with Crippen molar-refractivity contribution in [3.63, 3.8) is 0 Å². The summed E-state index contributed by atoms with van der Waals surface area (Å²) >= 11 is 6.97. The minimum atomic E-state index is -0.503. The number of amides is 1. The molecule has 4 saturated carbocycles. The Bertz CT molecular complexity index is 964. The third kappa shape index (κ3) is 2.14. The van der Waals surface area contributed by atoms with E-state index in [1.54, 1.807) is 0 Å². The smallest absolute Gasteiger partial charge is 0.268 e. The fourth-order valence-corrected chi connectivity index (χ4v) is 7.68. The van der Waals surface area contributed by atoms with Crippen LogP contribution >= 0.6 is 11.6 Å². The molecule has 3 unspecified atom stereocenters. The quantitative estimate of drug-likeness (QED) is 0.639. The van der Waals surface area contributed by atoms with Gasteiger partial charge in [0.1, 0.15) is 5.54 Å². The van der Waals surface area contributed by atoms with E-state index < -0.39 is 5.54 Å². The van der Waals surface area contributed by atoms with Gasteiger partial charge in [0.2, 0.25) is 0 Å². The normalized spacial score (nSPS) is 38.2. The summed E-state index contributed by atoms with van der Waals surface area (Å²) in [7, 11) is 0. The number of alkyl halides is 1. The molecule has 3 nitrogen and oxygen atoms in total. The van der Waals surface area contributed by atoms with Gasteiger partial charge in [-0.05, 0) is 75.2 Å². The molecule has 146 valence electrons. The van der Waals surface area contributed by atoms with Crippen molar-refractivity contribution < 1.29 is 4.79 Å². The van der Waals surface area contributed by atoms with Crippen LogP contribution in [0, 0.1) is 17.8 Å². The number of hydrogen-bond acceptors (Lipinski definition) is 2. The molecule has 4 bridgehead atoms. The highest BCUT2D eigenvalue weighted by Crippen LogP contribution is 2.61. The standard InChI is InChI=1S/C24H27ClN2O/c1-23(2)22(28)26(21-17-10-15-11-18(21)14-24(25,12-15)13-17)27(23)20-9-5-7-16-6-3-4-8-19(16)20/h3-9,15,17-18,21H,10-14H2,1-2H3/t15?,17-,18+,21?,24?. The van der Waals surface area contributed by atoms with Gasteiger partial charge >= 0.3 is 0 Å². The van der Waals surface area contributed by atoms with Crippen molar-refractivity contribution in [2.24, 2.45) is 17.8 Å². The summed E-state index contributed by atoms with van der Waals surface area (Å²) in [4.78, 5) is 13.4. The SMILES string of the molecule is CC1(C)C(=O)N(C2[C@@H]3CC4C[C@H]2CC(Cl)(C4)C3)N1c1cccc2ccccc12. The number of nitrogens with zero attached hydrogens (tertiary/aromatic N) is 2. The van der Waals surface area contributed by atoms with E-state index in [0.717, 1.165) is 24.4 Å². The maximum Gasteiger partial charge on any atom is 0.268 e. The molecular weight excluding hydrogens is 368 g/mol. The molecule has 1 amide bonds. The summed E-state index contributed by atoms with van der Waals surface area (Å²) in [5.41, 5.74) is 0.648. The zero-order valence-electron chi connectivity index (χ0n) is 16.6. The van der Waals surface area contributed by atoms with Crippen LogP contribution < -0.4 is 5.01 Å². The number of carbonyl (C=O) groups is 1. The van der Waals surface area contributed by atoms with Gasteiger partial charge in [-0.25, -0.2) is 5.01 Å². The second-order valence-electron chi connectivity index (χ2n) is 10.1. The lowest BCUT2D eigenvalue weighted by Crippen LogP contribution is -2.80. The van der Waals surface area contributed by atoms with Crippen molar-refractivity contribution in [1.29, 1.82) is 0 Å². The summed E-state index contributed by atoms with van der Waals surface area (Å²) in [5, 5.41) is 6.87. The lowest BCUT2D eigenvalue weighted by Gasteiger charge is -2.67. The van der Waals surface area contributed by atoms with E-state index in [0.29, 0.717) is 17.9 Å². The van der Waals surface area contributed by atoms with Gasteiger partial charge in [-0.1, -0.05) is 36.4 Å². The molecule has 0 radical (unpaired) electrons. The molecule has 28 heavy (non-hydrogen) atoms. The monoisotopic (exact) mass is 394 g/mol. The Morgan fingerprint density at radius 1 is 0.964 bits per heavy atom. The van der Waals surface area contributed by atoms with Gasteiger partial charge in [0.15, 0.2) is 0 Å². The highest BCUT2D eigenvalue weighted by Gasteiger charge is 2.63. The van der Waals surface area contributed by atoms with E-state index >= 15 is 0 Å². The van der Waals surface area contributed by atoms with Crippen molar-refractivity contribution in [2.45, 2.75) is 62.4 Å². The van der Waals surface area contributed by atoms with E-state index in [1.807, 2.05) is 0 Å². The number of benzene rings is 2. The largest absolute Gasteiger partial charge is 0.270 e. The lowest BCUT2D eigenvalue weighted by molar-refractivity contribution is -0.169. The molecule has 4 heteroatoms. The molecular formula is C24H27ClN2O. The highest BCUT2D eigenvalue weighted by molar-refractivity contribution is 6.24. The van der Waals surface area contributed by atoms with E-state index in [1.165, 1.54) is 30.0 Å². The maximum absolute atomic E-state index is 13.4. The van der Waals surface area contributed by atoms with Crippen molar-refractivity contribution >= 4 is 34.0 Å². The van der Waals surface area contributed by atoms with Gasteiger partial charge in [0, 0.05) is 10.3 Å². The van der Waals surface area contributed by atoms with Crippen molar-refractivity contribution in [2.75, 3.05) is 5.01 Å². The number of halogens is 1. The van der Waals surface area contributed by atoms with Gasteiger partial charge in [-0.2, -0.15) is 0 Å². The number of carbonyl (C=O) groups excluding carboxylic acids is 1. The Morgan fingerprint density at radius 3 is 2.36 bits per heavy atom. The molecule has 2 aromatic carbocycles. The van der Waals surface area contributed by atoms with E-state index in [9.17, 15) is 4.79 Å². The van der Waals surface area contributed by atoms with Crippen LogP contribution in [0.3, 0.4) is 0 Å². The number of fused-ring (bicyclic) bond motifs is 1. The Hall–Kier alpha value is -1.74. The zero-order chi connectivity index (χ0) is 19.3. The Kier molecular flexibility index (Phi) is 3.33. The van der Waals surface area contributed by atoms with Gasteiger partial charge in [0.25, 0.3) is 5.91 Å². The minimum absolute atomic E-state index is 0.000701. The topological polar surface area (TPSA) is 23.6 Å². The Morgan fingerprint density at radius 2 is 1.64 bits per heavy atom. The van der Waals surface area contributed by atoms with Crippen molar-refractivity contribution in [3.8, 4) is 0 Å². The third-order valence-electron chi connectivity index (χ3n) is 7.90. The number of anilines is 1. The predicted molar refractivity (Wildman–Crippen MR) is 113 cm³/mol. The zero-order valence-corrected chi connectivity index (χ0v) is 17.3. The third-order valence-corrected chi connectivity index (χ3v) is 8.37. The number of hydrazine groups is 1. The number of rotatable bonds is 2. The molecule has 1 saturated heterocycles. The fourth-order valence-electron chi connectivity index (χ4n) is 7.06. The van der Waals surface area contributed by atoms with Gasteiger partial charge in [-0.15, -0.1) is 11.6 Å². The maximum atomic E-state index is 13.4. The van der Waals surface area contributed by atoms with Gasteiger partial charge in [0.05, 0.1) is 11.7 Å². The first-order valence-corrected chi connectivity index (χ1v) is 11.1. The molecule has 0 spiro atoms. The summed E-state index contributed by atoms with van der Waals surface area (Å²) in [6, 6.07) is 15.2. The molecule has 2 aromatic rings. The van der Waals surface area contributed by atoms with E-state index in [-0.39, 0.29) is 10.8 Å². The summed E-state index contributed by atoms with van der Waals surface area (Å²) in [6.07, 6.45) is 5.80. The molecule has 5 atom stereocenters. The van der Waals surface area contributed by atoms with Crippen LogP contribution in [0.15, 0.2) is 42.5 Å². The van der Waals surface area contributed by atoms with Crippen molar-refractivity contribution in [3.05, 3.63) is 42.5 Å². The first kappa shape index (κ1) is 17.1. The molecule has 4 aliphatic carbocycles. The van der Waals surface area contributed by atoms with Gasteiger partial charge < -0.3 is 0 Å². The highest BCUT2D eigenvalue weighted by atomic mass is 35.5.